The molecule has 2 heterocycles. The van der Waals surface area contributed by atoms with Gasteiger partial charge in [-0.25, -0.2) is 4.68 Å². The Labute approximate surface area is 164 Å². The molecule has 0 aliphatic rings. The maximum absolute atomic E-state index is 12.7. The molecule has 0 saturated carbocycles. The van der Waals surface area contributed by atoms with E-state index in [1.807, 2.05) is 0 Å². The number of aryl methyl sites for hydroxylation is 1. The lowest BCUT2D eigenvalue weighted by molar-refractivity contribution is -0.137. The van der Waals surface area contributed by atoms with Gasteiger partial charge in [-0.2, -0.15) is 18.3 Å². The lowest BCUT2D eigenvalue weighted by atomic mass is 10.2. The van der Waals surface area contributed by atoms with E-state index in [0.717, 1.165) is 17.7 Å². The van der Waals surface area contributed by atoms with E-state index < -0.39 is 17.6 Å². The van der Waals surface area contributed by atoms with Gasteiger partial charge in [0.1, 0.15) is 0 Å². The van der Waals surface area contributed by atoms with Crippen molar-refractivity contribution in [2.24, 2.45) is 0 Å². The second-order valence-corrected chi connectivity index (χ2v) is 6.25. The monoisotopic (exact) mass is 402 g/mol. The average Bonchev–Trinajstić information content (AvgIpc) is 2.69. The van der Waals surface area contributed by atoms with Crippen molar-refractivity contribution < 1.29 is 18.0 Å². The molecule has 0 bridgehead atoms. The highest BCUT2D eigenvalue weighted by atomic mass is 19.4. The third-order valence-electron chi connectivity index (χ3n) is 4.09. The standard InChI is InChI=1S/C20H17F3N4O2/c21-20(22,23)15-3-1-4-16(13-15)25-18(28)5-2-12-27-19(29)7-6-17(26-27)14-8-10-24-11-9-14/h1,3-4,6-11,13H,2,5,12H2,(H,25,28). The second kappa shape index (κ2) is 8.68. The summed E-state index contributed by atoms with van der Waals surface area (Å²) in [4.78, 5) is 27.9. The number of pyridine rings is 1. The molecular weight excluding hydrogens is 385 g/mol. The van der Waals surface area contributed by atoms with Gasteiger partial charge in [-0.3, -0.25) is 14.6 Å². The first kappa shape index (κ1) is 20.2. The van der Waals surface area contributed by atoms with Gasteiger partial charge in [0.25, 0.3) is 5.56 Å². The van der Waals surface area contributed by atoms with E-state index in [9.17, 15) is 22.8 Å². The van der Waals surface area contributed by atoms with Crippen molar-refractivity contribution in [3.63, 3.8) is 0 Å². The lowest BCUT2D eigenvalue weighted by Gasteiger charge is -2.10. The summed E-state index contributed by atoms with van der Waals surface area (Å²) >= 11 is 0. The predicted octanol–water partition coefficient (Wildman–Crippen LogP) is 3.74. The second-order valence-electron chi connectivity index (χ2n) is 6.25. The van der Waals surface area contributed by atoms with Gasteiger partial charge in [-0.1, -0.05) is 6.07 Å². The zero-order chi connectivity index (χ0) is 20.9. The minimum atomic E-state index is -4.48. The number of hydrogen-bond acceptors (Lipinski definition) is 4. The highest BCUT2D eigenvalue weighted by Crippen LogP contribution is 2.30. The molecule has 0 radical (unpaired) electrons. The molecule has 3 rings (SSSR count). The van der Waals surface area contributed by atoms with Crippen LogP contribution in [0.1, 0.15) is 18.4 Å². The van der Waals surface area contributed by atoms with Crippen molar-refractivity contribution in [1.82, 2.24) is 14.8 Å². The van der Waals surface area contributed by atoms with E-state index in [1.54, 1.807) is 30.6 Å². The number of anilines is 1. The summed E-state index contributed by atoms with van der Waals surface area (Å²) in [7, 11) is 0. The zero-order valence-corrected chi connectivity index (χ0v) is 15.2. The van der Waals surface area contributed by atoms with Gasteiger partial charge in [0, 0.05) is 42.7 Å². The van der Waals surface area contributed by atoms with Crippen LogP contribution in [0.5, 0.6) is 0 Å². The van der Waals surface area contributed by atoms with Crippen LogP contribution in [0.3, 0.4) is 0 Å². The zero-order valence-electron chi connectivity index (χ0n) is 15.2. The minimum absolute atomic E-state index is 0.0316. The summed E-state index contributed by atoms with van der Waals surface area (Å²) in [6, 6.07) is 11.0. The van der Waals surface area contributed by atoms with Crippen LogP contribution in [-0.4, -0.2) is 20.7 Å². The number of nitrogens with one attached hydrogen (secondary N) is 1. The van der Waals surface area contributed by atoms with Crippen LogP contribution in [0.15, 0.2) is 65.7 Å². The van der Waals surface area contributed by atoms with Gasteiger partial charge in [-0.05, 0) is 42.8 Å². The Hall–Kier alpha value is -3.49. The highest BCUT2D eigenvalue weighted by molar-refractivity contribution is 5.90. The SMILES string of the molecule is O=C(CCCn1nc(-c2ccncc2)ccc1=O)Nc1cccc(C(F)(F)F)c1. The molecule has 29 heavy (non-hydrogen) atoms. The van der Waals surface area contributed by atoms with Crippen LogP contribution >= 0.6 is 0 Å². The van der Waals surface area contributed by atoms with E-state index in [1.165, 1.54) is 22.9 Å². The fourth-order valence-corrected chi connectivity index (χ4v) is 2.67. The van der Waals surface area contributed by atoms with Crippen LogP contribution in [0.25, 0.3) is 11.3 Å². The van der Waals surface area contributed by atoms with Crippen LogP contribution in [0.4, 0.5) is 18.9 Å². The van der Waals surface area contributed by atoms with Crippen LogP contribution in [0, 0.1) is 0 Å². The van der Waals surface area contributed by atoms with E-state index in [-0.39, 0.29) is 24.2 Å². The molecular formula is C20H17F3N4O2. The molecule has 0 spiro atoms. The van der Waals surface area contributed by atoms with Gasteiger partial charge < -0.3 is 5.32 Å². The molecule has 6 nitrogen and oxygen atoms in total. The number of hydrogen-bond donors (Lipinski definition) is 1. The summed E-state index contributed by atoms with van der Waals surface area (Å²) in [6.07, 6.45) is -0.913. The number of rotatable bonds is 6. The normalized spacial score (nSPS) is 11.3. The topological polar surface area (TPSA) is 76.9 Å². The fraction of sp³-hybridized carbons (Fsp3) is 0.200. The number of amides is 1. The van der Waals surface area contributed by atoms with Crippen molar-refractivity contribution in [3.8, 4) is 11.3 Å². The van der Waals surface area contributed by atoms with E-state index in [4.69, 9.17) is 0 Å². The van der Waals surface area contributed by atoms with Gasteiger partial charge in [0.05, 0.1) is 11.3 Å². The molecule has 0 aliphatic carbocycles. The van der Waals surface area contributed by atoms with Gasteiger partial charge in [0.15, 0.2) is 0 Å². The summed E-state index contributed by atoms with van der Waals surface area (Å²) in [5.74, 6) is -0.442. The molecule has 0 aliphatic heterocycles. The Balaban J connectivity index is 1.59. The van der Waals surface area contributed by atoms with Crippen molar-refractivity contribution in [2.45, 2.75) is 25.6 Å². The summed E-state index contributed by atoms with van der Waals surface area (Å²) < 4.78 is 39.5. The van der Waals surface area contributed by atoms with E-state index in [0.29, 0.717) is 12.1 Å². The Morgan fingerprint density at radius 1 is 1.07 bits per heavy atom. The van der Waals surface area contributed by atoms with Crippen molar-refractivity contribution in [3.05, 3.63) is 76.8 Å². The molecule has 2 aromatic heterocycles. The molecule has 0 unspecified atom stereocenters. The van der Waals surface area contributed by atoms with E-state index >= 15 is 0 Å². The molecule has 9 heteroatoms. The molecule has 0 saturated heterocycles. The highest BCUT2D eigenvalue weighted by Gasteiger charge is 2.30. The molecule has 3 aromatic rings. The largest absolute Gasteiger partial charge is 0.416 e. The minimum Gasteiger partial charge on any atom is -0.326 e. The van der Waals surface area contributed by atoms with Crippen molar-refractivity contribution >= 4 is 11.6 Å². The summed E-state index contributed by atoms with van der Waals surface area (Å²) in [5, 5.41) is 6.72. The summed E-state index contributed by atoms with van der Waals surface area (Å²) in [6.45, 7) is 0.202. The number of aromatic nitrogens is 3. The first-order chi connectivity index (χ1) is 13.8. The molecule has 0 atom stereocenters. The third kappa shape index (κ3) is 5.50. The van der Waals surface area contributed by atoms with Crippen LogP contribution in [-0.2, 0) is 17.5 Å². The Bertz CT molecular complexity index is 1050. The van der Waals surface area contributed by atoms with Gasteiger partial charge in [0.2, 0.25) is 5.91 Å². The Kier molecular flexibility index (Phi) is 6.06. The predicted molar refractivity (Wildman–Crippen MR) is 101 cm³/mol. The maximum Gasteiger partial charge on any atom is 0.416 e. The van der Waals surface area contributed by atoms with Crippen molar-refractivity contribution in [1.29, 1.82) is 0 Å². The van der Waals surface area contributed by atoms with Crippen molar-refractivity contribution in [2.75, 3.05) is 5.32 Å². The Morgan fingerprint density at radius 2 is 1.83 bits per heavy atom. The first-order valence-electron chi connectivity index (χ1n) is 8.78. The van der Waals surface area contributed by atoms with Gasteiger partial charge >= 0.3 is 6.18 Å². The fourth-order valence-electron chi connectivity index (χ4n) is 2.67. The smallest absolute Gasteiger partial charge is 0.326 e. The van der Waals surface area contributed by atoms with E-state index in [2.05, 4.69) is 15.4 Å². The number of carbonyl (C=O) groups excluding carboxylic acids is 1. The lowest BCUT2D eigenvalue weighted by Crippen LogP contribution is -2.23. The number of benzene rings is 1. The van der Waals surface area contributed by atoms with Gasteiger partial charge in [-0.15, -0.1) is 0 Å². The molecule has 0 fully saturated rings. The average molecular weight is 402 g/mol. The molecule has 1 N–H and O–H groups in total. The first-order valence-corrected chi connectivity index (χ1v) is 8.78. The number of alkyl halides is 3. The number of halogens is 3. The quantitative estimate of drug-likeness (QED) is 0.681. The molecule has 1 aromatic carbocycles. The summed E-state index contributed by atoms with van der Waals surface area (Å²) in [5.41, 5.74) is 0.330. The third-order valence-corrected chi connectivity index (χ3v) is 4.09. The Morgan fingerprint density at radius 3 is 2.55 bits per heavy atom. The molecule has 1 amide bonds. The number of nitrogens with zero attached hydrogens (tertiary/aromatic N) is 3. The van der Waals surface area contributed by atoms with Crippen LogP contribution < -0.4 is 10.9 Å². The maximum atomic E-state index is 12.7. The molecule has 150 valence electrons. The number of carbonyl (C=O) groups is 1. The van der Waals surface area contributed by atoms with Crippen LogP contribution in [0.2, 0.25) is 0 Å².